The van der Waals surface area contributed by atoms with Crippen LogP contribution in [0.5, 0.6) is 0 Å². The third kappa shape index (κ3) is 6.66. The fourth-order valence-electron chi connectivity index (χ4n) is 4.28. The van der Waals surface area contributed by atoms with Crippen molar-refractivity contribution in [1.29, 1.82) is 0 Å². The van der Waals surface area contributed by atoms with Crippen LogP contribution in [0, 0.1) is 5.41 Å². The van der Waals surface area contributed by atoms with E-state index in [1.54, 1.807) is 0 Å². The van der Waals surface area contributed by atoms with Crippen LogP contribution in [0.4, 0.5) is 0 Å². The Kier molecular flexibility index (Phi) is 8.10. The second-order valence-electron chi connectivity index (χ2n) is 9.53. The SMILES string of the molecule is CCC1(C)CC(OCc2ccccc2)C1.CCC1(N)CC(OCc2ccccc2)C1. The number of rotatable bonds is 8. The van der Waals surface area contributed by atoms with Crippen LogP contribution < -0.4 is 5.73 Å². The first kappa shape index (κ1) is 23.0. The molecule has 0 unspecified atom stereocenters. The minimum absolute atomic E-state index is 0.0569. The summed E-state index contributed by atoms with van der Waals surface area (Å²) < 4.78 is 11.6. The maximum absolute atomic E-state index is 6.08. The van der Waals surface area contributed by atoms with E-state index in [1.165, 1.54) is 30.4 Å². The summed E-state index contributed by atoms with van der Waals surface area (Å²) in [5.74, 6) is 0. The van der Waals surface area contributed by atoms with Crippen molar-refractivity contribution in [2.75, 3.05) is 0 Å². The predicted octanol–water partition coefficient (Wildman–Crippen LogP) is 6.26. The van der Waals surface area contributed by atoms with E-state index in [0.717, 1.165) is 25.9 Å². The smallest absolute Gasteiger partial charge is 0.0720 e. The molecule has 3 nitrogen and oxygen atoms in total. The lowest BCUT2D eigenvalue weighted by molar-refractivity contribution is -0.0822. The van der Waals surface area contributed by atoms with Crippen LogP contribution in [0.25, 0.3) is 0 Å². The van der Waals surface area contributed by atoms with E-state index in [9.17, 15) is 0 Å². The molecule has 0 heterocycles. The number of benzene rings is 2. The highest BCUT2D eigenvalue weighted by molar-refractivity contribution is 5.14. The third-order valence-corrected chi connectivity index (χ3v) is 6.92. The molecule has 2 saturated carbocycles. The Bertz CT molecular complexity index is 668. The first-order valence-corrected chi connectivity index (χ1v) is 11.5. The molecular weight excluding hydrogens is 370 g/mol. The number of hydrogen-bond donors (Lipinski definition) is 1. The van der Waals surface area contributed by atoms with Crippen molar-refractivity contribution < 1.29 is 9.47 Å². The molecule has 0 radical (unpaired) electrons. The Hall–Kier alpha value is -1.68. The maximum atomic E-state index is 6.08. The van der Waals surface area contributed by atoms with E-state index in [-0.39, 0.29) is 5.54 Å². The van der Waals surface area contributed by atoms with Gasteiger partial charge in [0.15, 0.2) is 0 Å². The quantitative estimate of drug-likeness (QED) is 0.560. The molecule has 2 fully saturated rings. The molecule has 30 heavy (non-hydrogen) atoms. The van der Waals surface area contributed by atoms with E-state index in [2.05, 4.69) is 57.2 Å². The summed E-state index contributed by atoms with van der Waals surface area (Å²) in [5.41, 5.74) is 9.21. The molecule has 0 aliphatic heterocycles. The van der Waals surface area contributed by atoms with Crippen LogP contribution in [0.2, 0.25) is 0 Å². The van der Waals surface area contributed by atoms with Gasteiger partial charge in [0, 0.05) is 5.54 Å². The molecule has 3 heteroatoms. The van der Waals surface area contributed by atoms with Gasteiger partial charge in [0.25, 0.3) is 0 Å². The van der Waals surface area contributed by atoms with E-state index in [0.29, 0.717) is 24.2 Å². The zero-order valence-electron chi connectivity index (χ0n) is 19.0. The molecule has 0 atom stereocenters. The highest BCUT2D eigenvalue weighted by Gasteiger charge is 2.40. The molecule has 2 aliphatic rings. The number of ether oxygens (including phenoxy) is 2. The lowest BCUT2D eigenvalue weighted by Gasteiger charge is -2.44. The Morgan fingerprint density at radius 1 is 0.733 bits per heavy atom. The van der Waals surface area contributed by atoms with Crippen LogP contribution in [0.1, 0.15) is 70.4 Å². The molecule has 2 aromatic rings. The van der Waals surface area contributed by atoms with Crippen molar-refractivity contribution >= 4 is 0 Å². The fraction of sp³-hybridized carbons (Fsp3) is 0.556. The maximum Gasteiger partial charge on any atom is 0.0720 e. The van der Waals surface area contributed by atoms with Gasteiger partial charge in [-0.3, -0.25) is 0 Å². The van der Waals surface area contributed by atoms with Crippen LogP contribution in [0.15, 0.2) is 60.7 Å². The van der Waals surface area contributed by atoms with Crippen molar-refractivity contribution in [2.45, 2.75) is 90.3 Å². The summed E-state index contributed by atoms with van der Waals surface area (Å²) in [7, 11) is 0. The van der Waals surface area contributed by atoms with Gasteiger partial charge in [-0.15, -0.1) is 0 Å². The molecule has 2 aromatic carbocycles. The monoisotopic (exact) mass is 409 g/mol. The molecule has 0 bridgehead atoms. The largest absolute Gasteiger partial charge is 0.374 e. The number of hydrogen-bond acceptors (Lipinski definition) is 3. The Morgan fingerprint density at radius 2 is 1.17 bits per heavy atom. The average molecular weight is 410 g/mol. The van der Waals surface area contributed by atoms with Crippen molar-refractivity contribution in [3.63, 3.8) is 0 Å². The normalized spacial score (nSPS) is 29.9. The van der Waals surface area contributed by atoms with Gasteiger partial charge in [0.05, 0.1) is 25.4 Å². The zero-order valence-corrected chi connectivity index (χ0v) is 19.0. The highest BCUT2D eigenvalue weighted by atomic mass is 16.5. The van der Waals surface area contributed by atoms with Gasteiger partial charge in [0.2, 0.25) is 0 Å². The van der Waals surface area contributed by atoms with Crippen molar-refractivity contribution in [3.05, 3.63) is 71.8 Å². The van der Waals surface area contributed by atoms with E-state index in [4.69, 9.17) is 15.2 Å². The minimum Gasteiger partial charge on any atom is -0.374 e. The second-order valence-corrected chi connectivity index (χ2v) is 9.53. The van der Waals surface area contributed by atoms with Gasteiger partial charge in [-0.1, -0.05) is 87.9 Å². The van der Waals surface area contributed by atoms with Crippen molar-refractivity contribution in [3.8, 4) is 0 Å². The van der Waals surface area contributed by atoms with Crippen LogP contribution in [0.3, 0.4) is 0 Å². The van der Waals surface area contributed by atoms with Gasteiger partial charge < -0.3 is 15.2 Å². The topological polar surface area (TPSA) is 44.5 Å². The molecule has 4 rings (SSSR count). The van der Waals surface area contributed by atoms with Crippen LogP contribution in [-0.2, 0) is 22.7 Å². The highest BCUT2D eigenvalue weighted by Crippen LogP contribution is 2.45. The Balaban J connectivity index is 0.000000171. The minimum atomic E-state index is 0.0569. The Morgan fingerprint density at radius 3 is 1.57 bits per heavy atom. The van der Waals surface area contributed by atoms with Gasteiger partial charge in [-0.25, -0.2) is 0 Å². The lowest BCUT2D eigenvalue weighted by Crippen LogP contribution is -2.54. The summed E-state index contributed by atoms with van der Waals surface area (Å²) in [6.45, 7) is 8.26. The van der Waals surface area contributed by atoms with E-state index in [1.807, 2.05) is 24.3 Å². The van der Waals surface area contributed by atoms with Gasteiger partial charge in [0.1, 0.15) is 0 Å². The number of nitrogens with two attached hydrogens (primary N) is 1. The molecule has 2 N–H and O–H groups in total. The first-order chi connectivity index (χ1) is 14.4. The summed E-state index contributed by atoms with van der Waals surface area (Å²) in [4.78, 5) is 0. The standard InChI is InChI=1S/C14H20O.C13H19NO/c1-3-14(2)9-13(10-14)15-11-12-7-5-4-6-8-12;1-2-13(14)8-12(9-13)15-10-11-6-4-3-5-7-11/h4-8,13H,3,9-11H2,1-2H3;3-7,12H,2,8-10,14H2,1H3. The fourth-order valence-corrected chi connectivity index (χ4v) is 4.28. The molecular formula is C27H39NO2. The Labute approximate surface area is 183 Å². The van der Waals surface area contributed by atoms with Gasteiger partial charge in [-0.05, 0) is 48.6 Å². The molecule has 0 amide bonds. The first-order valence-electron chi connectivity index (χ1n) is 11.5. The zero-order chi connectivity index (χ0) is 21.5. The second kappa shape index (κ2) is 10.6. The lowest BCUT2D eigenvalue weighted by atomic mass is 9.66. The average Bonchev–Trinajstić information content (AvgIpc) is 2.74. The van der Waals surface area contributed by atoms with Crippen molar-refractivity contribution in [2.24, 2.45) is 11.1 Å². The molecule has 0 aromatic heterocycles. The predicted molar refractivity (Wildman–Crippen MR) is 124 cm³/mol. The van der Waals surface area contributed by atoms with Crippen molar-refractivity contribution in [1.82, 2.24) is 0 Å². The van der Waals surface area contributed by atoms with Crippen LogP contribution >= 0.6 is 0 Å². The molecule has 164 valence electrons. The molecule has 2 aliphatic carbocycles. The third-order valence-electron chi connectivity index (χ3n) is 6.92. The summed E-state index contributed by atoms with van der Waals surface area (Å²) in [5, 5.41) is 0. The summed E-state index contributed by atoms with van der Waals surface area (Å²) >= 11 is 0. The molecule has 0 saturated heterocycles. The van der Waals surface area contributed by atoms with Gasteiger partial charge in [-0.2, -0.15) is 0 Å². The van der Waals surface area contributed by atoms with E-state index >= 15 is 0 Å². The summed E-state index contributed by atoms with van der Waals surface area (Å²) in [6, 6.07) is 20.7. The molecule has 0 spiro atoms. The van der Waals surface area contributed by atoms with Crippen LogP contribution in [-0.4, -0.2) is 17.7 Å². The summed E-state index contributed by atoms with van der Waals surface area (Å²) in [6.07, 6.45) is 7.68. The van der Waals surface area contributed by atoms with E-state index < -0.39 is 0 Å². The van der Waals surface area contributed by atoms with Gasteiger partial charge >= 0.3 is 0 Å².